The van der Waals surface area contributed by atoms with E-state index in [4.69, 9.17) is 4.42 Å². The molecule has 4 heteroatoms. The first-order chi connectivity index (χ1) is 5.84. The number of alkyl halides is 3. The van der Waals surface area contributed by atoms with Crippen molar-refractivity contribution in [1.29, 1.82) is 0 Å². The zero-order chi connectivity index (χ0) is 10.2. The molecular weight excluding hydrogens is 181 g/mol. The van der Waals surface area contributed by atoms with Gasteiger partial charge >= 0.3 is 6.18 Å². The summed E-state index contributed by atoms with van der Waals surface area (Å²) in [5.74, 6) is 0.392. The van der Waals surface area contributed by atoms with E-state index in [1.807, 2.05) is 0 Å². The van der Waals surface area contributed by atoms with Gasteiger partial charge in [-0.05, 0) is 6.92 Å². The van der Waals surface area contributed by atoms with Gasteiger partial charge in [0.05, 0.1) is 5.56 Å². The molecule has 0 saturated heterocycles. The van der Waals surface area contributed by atoms with Crippen molar-refractivity contribution < 1.29 is 17.6 Å². The molecule has 0 aliphatic rings. The standard InChI is InChI=1S/C9H11F3O/c1-5(2)8-6(3)7(4-13-8)9(10,11)12/h4-5H,1-3H3. The molecule has 0 N–H and O–H groups in total. The fourth-order valence-electron chi connectivity index (χ4n) is 1.28. The van der Waals surface area contributed by atoms with E-state index in [2.05, 4.69) is 0 Å². The van der Waals surface area contributed by atoms with Crippen molar-refractivity contribution >= 4 is 0 Å². The van der Waals surface area contributed by atoms with Crippen molar-refractivity contribution in [2.45, 2.75) is 32.9 Å². The van der Waals surface area contributed by atoms with Crippen LogP contribution in [-0.2, 0) is 6.18 Å². The summed E-state index contributed by atoms with van der Waals surface area (Å²) in [6.45, 7) is 5.03. The Morgan fingerprint density at radius 3 is 2.08 bits per heavy atom. The Labute approximate surface area is 74.5 Å². The highest BCUT2D eigenvalue weighted by Crippen LogP contribution is 2.36. The Morgan fingerprint density at radius 2 is 1.85 bits per heavy atom. The molecule has 74 valence electrons. The van der Waals surface area contributed by atoms with E-state index in [0.29, 0.717) is 5.76 Å². The Kier molecular flexibility index (Phi) is 2.41. The van der Waals surface area contributed by atoms with Crippen LogP contribution in [0.3, 0.4) is 0 Å². The number of furan rings is 1. The molecule has 1 heterocycles. The Morgan fingerprint density at radius 1 is 1.31 bits per heavy atom. The highest BCUT2D eigenvalue weighted by atomic mass is 19.4. The van der Waals surface area contributed by atoms with Crippen molar-refractivity contribution in [3.63, 3.8) is 0 Å². The summed E-state index contributed by atoms with van der Waals surface area (Å²) < 4.78 is 41.7. The van der Waals surface area contributed by atoms with Crippen molar-refractivity contribution in [2.24, 2.45) is 0 Å². The molecule has 1 rings (SSSR count). The summed E-state index contributed by atoms with van der Waals surface area (Å²) >= 11 is 0. The second kappa shape index (κ2) is 3.09. The van der Waals surface area contributed by atoms with Gasteiger partial charge in [0.1, 0.15) is 12.0 Å². The van der Waals surface area contributed by atoms with Gasteiger partial charge in [-0.25, -0.2) is 0 Å². The van der Waals surface area contributed by atoms with Gasteiger partial charge in [-0.1, -0.05) is 13.8 Å². The third kappa shape index (κ3) is 1.87. The minimum Gasteiger partial charge on any atom is -0.468 e. The first kappa shape index (κ1) is 10.2. The van der Waals surface area contributed by atoms with Crippen molar-refractivity contribution in [3.8, 4) is 0 Å². The zero-order valence-electron chi connectivity index (χ0n) is 7.70. The Hall–Kier alpha value is -0.930. The van der Waals surface area contributed by atoms with E-state index in [0.717, 1.165) is 6.26 Å². The average molecular weight is 192 g/mol. The van der Waals surface area contributed by atoms with E-state index >= 15 is 0 Å². The third-order valence-electron chi connectivity index (χ3n) is 1.91. The Bertz CT molecular complexity index is 296. The van der Waals surface area contributed by atoms with Crippen LogP contribution in [0, 0.1) is 6.92 Å². The van der Waals surface area contributed by atoms with Gasteiger partial charge in [0.25, 0.3) is 0 Å². The minimum absolute atomic E-state index is 0.0175. The van der Waals surface area contributed by atoms with Gasteiger partial charge in [0.2, 0.25) is 0 Å². The average Bonchev–Trinajstić information content (AvgIpc) is 2.28. The van der Waals surface area contributed by atoms with Gasteiger partial charge in [-0.2, -0.15) is 13.2 Å². The lowest BCUT2D eigenvalue weighted by atomic mass is 10.1. The van der Waals surface area contributed by atoms with Gasteiger partial charge < -0.3 is 4.42 Å². The molecule has 0 atom stereocenters. The lowest BCUT2D eigenvalue weighted by molar-refractivity contribution is -0.138. The molecular formula is C9H11F3O. The predicted octanol–water partition coefficient (Wildman–Crippen LogP) is 3.73. The van der Waals surface area contributed by atoms with E-state index in [-0.39, 0.29) is 11.5 Å². The fourth-order valence-corrected chi connectivity index (χ4v) is 1.28. The second-order valence-electron chi connectivity index (χ2n) is 3.29. The van der Waals surface area contributed by atoms with E-state index in [1.54, 1.807) is 13.8 Å². The molecule has 0 aliphatic heterocycles. The SMILES string of the molecule is Cc1c(C(F)(F)F)coc1C(C)C. The van der Waals surface area contributed by atoms with Crippen molar-refractivity contribution in [2.75, 3.05) is 0 Å². The lowest BCUT2D eigenvalue weighted by Crippen LogP contribution is -2.05. The molecule has 0 aromatic carbocycles. The summed E-state index contributed by atoms with van der Waals surface area (Å²) in [5, 5.41) is 0. The monoisotopic (exact) mass is 192 g/mol. The van der Waals surface area contributed by atoms with Gasteiger partial charge in [0.15, 0.2) is 0 Å². The molecule has 0 fully saturated rings. The molecule has 1 aromatic rings. The third-order valence-corrected chi connectivity index (χ3v) is 1.91. The van der Waals surface area contributed by atoms with E-state index in [9.17, 15) is 13.2 Å². The quantitative estimate of drug-likeness (QED) is 0.660. The summed E-state index contributed by atoms with van der Waals surface area (Å²) in [6.07, 6.45) is -3.52. The predicted molar refractivity (Wildman–Crippen MR) is 42.5 cm³/mol. The normalized spacial score (nSPS) is 12.5. The summed E-state index contributed by atoms with van der Waals surface area (Å²) in [7, 11) is 0. The number of hydrogen-bond acceptors (Lipinski definition) is 1. The first-order valence-corrected chi connectivity index (χ1v) is 3.99. The molecule has 13 heavy (non-hydrogen) atoms. The summed E-state index contributed by atoms with van der Waals surface area (Å²) in [5.41, 5.74) is -0.473. The number of halogens is 3. The molecule has 0 aliphatic carbocycles. The molecule has 1 aromatic heterocycles. The fraction of sp³-hybridized carbons (Fsp3) is 0.556. The molecule has 0 bridgehead atoms. The molecule has 0 unspecified atom stereocenters. The van der Waals surface area contributed by atoms with Crippen LogP contribution in [-0.4, -0.2) is 0 Å². The molecule has 0 amide bonds. The van der Waals surface area contributed by atoms with Crippen LogP contribution in [0.5, 0.6) is 0 Å². The maximum Gasteiger partial charge on any atom is 0.419 e. The van der Waals surface area contributed by atoms with Crippen LogP contribution in [0.4, 0.5) is 13.2 Å². The van der Waals surface area contributed by atoms with Crippen LogP contribution in [0.2, 0.25) is 0 Å². The van der Waals surface area contributed by atoms with Crippen LogP contribution in [0.15, 0.2) is 10.7 Å². The van der Waals surface area contributed by atoms with Crippen LogP contribution < -0.4 is 0 Å². The summed E-state index contributed by atoms with van der Waals surface area (Å²) in [4.78, 5) is 0. The first-order valence-electron chi connectivity index (χ1n) is 3.99. The van der Waals surface area contributed by atoms with Crippen LogP contribution >= 0.6 is 0 Å². The van der Waals surface area contributed by atoms with Crippen LogP contribution in [0.25, 0.3) is 0 Å². The minimum atomic E-state index is -4.30. The van der Waals surface area contributed by atoms with Crippen molar-refractivity contribution in [1.82, 2.24) is 0 Å². The highest BCUT2D eigenvalue weighted by molar-refractivity contribution is 5.30. The second-order valence-corrected chi connectivity index (χ2v) is 3.29. The molecule has 0 spiro atoms. The molecule has 0 saturated carbocycles. The zero-order valence-corrected chi connectivity index (χ0v) is 7.70. The largest absolute Gasteiger partial charge is 0.468 e. The topological polar surface area (TPSA) is 13.1 Å². The molecule has 0 radical (unpaired) electrons. The number of hydrogen-bond donors (Lipinski definition) is 0. The summed E-state index contributed by atoms with van der Waals surface area (Å²) in [6, 6.07) is 0. The van der Waals surface area contributed by atoms with E-state index < -0.39 is 11.7 Å². The smallest absolute Gasteiger partial charge is 0.419 e. The van der Waals surface area contributed by atoms with Gasteiger partial charge in [-0.3, -0.25) is 0 Å². The van der Waals surface area contributed by atoms with E-state index in [1.165, 1.54) is 6.92 Å². The van der Waals surface area contributed by atoms with Gasteiger partial charge in [-0.15, -0.1) is 0 Å². The molecule has 1 nitrogen and oxygen atoms in total. The maximum atomic E-state index is 12.3. The van der Waals surface area contributed by atoms with Gasteiger partial charge in [0, 0.05) is 11.5 Å². The number of rotatable bonds is 1. The lowest BCUT2D eigenvalue weighted by Gasteiger charge is -2.05. The van der Waals surface area contributed by atoms with Crippen molar-refractivity contribution in [3.05, 3.63) is 23.2 Å². The Balaban J connectivity index is 3.14. The van der Waals surface area contributed by atoms with Crippen LogP contribution in [0.1, 0.15) is 36.7 Å². The highest BCUT2D eigenvalue weighted by Gasteiger charge is 2.35. The maximum absolute atomic E-state index is 12.3.